The lowest BCUT2D eigenvalue weighted by atomic mass is 10.1. The van der Waals surface area contributed by atoms with Crippen LogP contribution in [0.2, 0.25) is 0 Å². The number of amides is 1. The smallest absolute Gasteiger partial charge is 0.251 e. The fourth-order valence-corrected chi connectivity index (χ4v) is 2.58. The summed E-state index contributed by atoms with van der Waals surface area (Å²) in [6.07, 6.45) is 0.949. The van der Waals surface area contributed by atoms with E-state index in [0.29, 0.717) is 5.56 Å². The Bertz CT molecular complexity index is 422. The third kappa shape index (κ3) is 2.05. The highest BCUT2D eigenvalue weighted by Gasteiger charge is 2.23. The van der Waals surface area contributed by atoms with Crippen LogP contribution < -0.4 is 16.4 Å². The van der Waals surface area contributed by atoms with Crippen molar-refractivity contribution in [1.82, 2.24) is 0 Å². The van der Waals surface area contributed by atoms with Crippen LogP contribution in [0.25, 0.3) is 0 Å². The molecule has 1 atom stereocenters. The second-order valence-electron chi connectivity index (χ2n) is 3.99. The van der Waals surface area contributed by atoms with Crippen molar-refractivity contribution in [2.75, 3.05) is 18.0 Å². The number of nitrogens with two attached hydrogens (primary N) is 2. The molecule has 2 rings (SSSR count). The summed E-state index contributed by atoms with van der Waals surface area (Å²) in [5.74, 6) is -0.414. The van der Waals surface area contributed by atoms with Crippen molar-refractivity contribution < 1.29 is 4.79 Å². The minimum absolute atomic E-state index is 0.180. The van der Waals surface area contributed by atoms with Gasteiger partial charge >= 0.3 is 0 Å². The summed E-state index contributed by atoms with van der Waals surface area (Å²) in [5.41, 5.74) is 12.7. The summed E-state index contributed by atoms with van der Waals surface area (Å²) >= 11 is 3.35. The second kappa shape index (κ2) is 4.43. The average Bonchev–Trinajstić information content (AvgIpc) is 2.63. The molecule has 1 heterocycles. The molecule has 1 saturated heterocycles. The first-order chi connectivity index (χ1) is 7.59. The molecular formula is C11H14BrN3O. The van der Waals surface area contributed by atoms with Crippen LogP contribution >= 0.6 is 15.9 Å². The van der Waals surface area contributed by atoms with Gasteiger partial charge in [-0.25, -0.2) is 0 Å². The van der Waals surface area contributed by atoms with Gasteiger partial charge in [0, 0.05) is 23.6 Å². The molecule has 1 amide bonds. The van der Waals surface area contributed by atoms with Crippen LogP contribution in [0.1, 0.15) is 16.8 Å². The van der Waals surface area contributed by atoms with Gasteiger partial charge in [-0.15, -0.1) is 0 Å². The molecule has 0 aromatic heterocycles. The van der Waals surface area contributed by atoms with Crippen LogP contribution in [-0.4, -0.2) is 25.0 Å². The standard InChI is InChI=1S/C11H14BrN3O/c12-8-2-1-3-9(10(8)11(14)16)15-5-4-7(13)6-15/h1-3,7H,4-6,13H2,(H2,14,16). The molecule has 0 bridgehead atoms. The Kier molecular flexibility index (Phi) is 3.16. The summed E-state index contributed by atoms with van der Waals surface area (Å²) in [6, 6.07) is 5.80. The molecule has 1 fully saturated rings. The molecule has 0 saturated carbocycles. The highest BCUT2D eigenvalue weighted by Crippen LogP contribution is 2.29. The van der Waals surface area contributed by atoms with E-state index >= 15 is 0 Å². The molecule has 16 heavy (non-hydrogen) atoms. The lowest BCUT2D eigenvalue weighted by Crippen LogP contribution is -2.28. The largest absolute Gasteiger partial charge is 0.369 e. The number of halogens is 1. The van der Waals surface area contributed by atoms with E-state index in [2.05, 4.69) is 20.8 Å². The van der Waals surface area contributed by atoms with Crippen LogP contribution in [-0.2, 0) is 0 Å². The van der Waals surface area contributed by atoms with Gasteiger partial charge in [-0.1, -0.05) is 6.07 Å². The molecule has 86 valence electrons. The Hall–Kier alpha value is -1.07. The van der Waals surface area contributed by atoms with Crippen LogP contribution in [0.15, 0.2) is 22.7 Å². The van der Waals surface area contributed by atoms with E-state index in [1.165, 1.54) is 0 Å². The van der Waals surface area contributed by atoms with Crippen LogP contribution in [0.5, 0.6) is 0 Å². The number of hydrogen-bond donors (Lipinski definition) is 2. The predicted octanol–water partition coefficient (Wildman–Crippen LogP) is 1.09. The Morgan fingerprint density at radius 2 is 2.25 bits per heavy atom. The number of nitrogens with zero attached hydrogens (tertiary/aromatic N) is 1. The highest BCUT2D eigenvalue weighted by molar-refractivity contribution is 9.10. The molecule has 5 heteroatoms. The van der Waals surface area contributed by atoms with Gasteiger partial charge in [0.1, 0.15) is 0 Å². The normalized spacial score (nSPS) is 20.1. The summed E-state index contributed by atoms with van der Waals surface area (Å²) in [7, 11) is 0. The number of primary amides is 1. The first kappa shape index (κ1) is 11.4. The zero-order valence-electron chi connectivity index (χ0n) is 8.82. The fourth-order valence-electron chi connectivity index (χ4n) is 2.03. The maximum Gasteiger partial charge on any atom is 0.251 e. The number of carbonyl (C=O) groups is 1. The van der Waals surface area contributed by atoms with Gasteiger partial charge in [-0.2, -0.15) is 0 Å². The fraction of sp³-hybridized carbons (Fsp3) is 0.364. The topological polar surface area (TPSA) is 72.4 Å². The molecule has 0 aliphatic carbocycles. The van der Waals surface area contributed by atoms with Crippen molar-refractivity contribution in [2.24, 2.45) is 11.5 Å². The third-order valence-corrected chi connectivity index (χ3v) is 3.46. The number of carbonyl (C=O) groups excluding carboxylic acids is 1. The Morgan fingerprint density at radius 3 is 2.81 bits per heavy atom. The minimum atomic E-state index is -0.414. The van der Waals surface area contributed by atoms with E-state index in [1.54, 1.807) is 0 Å². The Balaban J connectivity index is 2.40. The average molecular weight is 284 g/mol. The third-order valence-electron chi connectivity index (χ3n) is 2.80. The van der Waals surface area contributed by atoms with Crippen molar-refractivity contribution >= 4 is 27.5 Å². The maximum atomic E-state index is 11.4. The van der Waals surface area contributed by atoms with Gasteiger partial charge in [0.2, 0.25) is 0 Å². The molecule has 1 aliphatic heterocycles. The molecule has 0 radical (unpaired) electrons. The van der Waals surface area contributed by atoms with Gasteiger partial charge in [0.15, 0.2) is 0 Å². The number of hydrogen-bond acceptors (Lipinski definition) is 3. The zero-order valence-corrected chi connectivity index (χ0v) is 10.4. The van der Waals surface area contributed by atoms with Crippen molar-refractivity contribution in [1.29, 1.82) is 0 Å². The van der Waals surface area contributed by atoms with E-state index in [4.69, 9.17) is 11.5 Å². The van der Waals surface area contributed by atoms with E-state index < -0.39 is 5.91 Å². The Morgan fingerprint density at radius 1 is 1.50 bits per heavy atom. The van der Waals surface area contributed by atoms with Crippen molar-refractivity contribution in [3.05, 3.63) is 28.2 Å². The van der Waals surface area contributed by atoms with Gasteiger partial charge in [0.05, 0.1) is 11.3 Å². The second-order valence-corrected chi connectivity index (χ2v) is 4.85. The lowest BCUT2D eigenvalue weighted by Gasteiger charge is -2.21. The molecule has 1 unspecified atom stereocenters. The molecule has 0 spiro atoms. The molecule has 1 aromatic carbocycles. The number of benzene rings is 1. The molecule has 4 N–H and O–H groups in total. The van der Waals surface area contributed by atoms with E-state index in [-0.39, 0.29) is 6.04 Å². The zero-order chi connectivity index (χ0) is 11.7. The van der Waals surface area contributed by atoms with E-state index in [9.17, 15) is 4.79 Å². The van der Waals surface area contributed by atoms with Gasteiger partial charge in [0.25, 0.3) is 5.91 Å². The van der Waals surface area contributed by atoms with Gasteiger partial charge < -0.3 is 16.4 Å². The first-order valence-electron chi connectivity index (χ1n) is 5.18. The van der Waals surface area contributed by atoms with Gasteiger partial charge in [-0.05, 0) is 34.5 Å². The van der Waals surface area contributed by atoms with Crippen LogP contribution in [0, 0.1) is 0 Å². The quantitative estimate of drug-likeness (QED) is 0.853. The monoisotopic (exact) mass is 283 g/mol. The number of anilines is 1. The molecule has 1 aliphatic rings. The lowest BCUT2D eigenvalue weighted by molar-refractivity contribution is 0.1000. The van der Waals surface area contributed by atoms with E-state index in [0.717, 1.165) is 29.7 Å². The van der Waals surface area contributed by atoms with Gasteiger partial charge in [-0.3, -0.25) is 4.79 Å². The van der Waals surface area contributed by atoms with Crippen LogP contribution in [0.3, 0.4) is 0 Å². The molecular weight excluding hydrogens is 270 g/mol. The summed E-state index contributed by atoms with van der Waals surface area (Å²) in [5, 5.41) is 0. The summed E-state index contributed by atoms with van der Waals surface area (Å²) < 4.78 is 0.734. The first-order valence-corrected chi connectivity index (χ1v) is 5.97. The molecule has 4 nitrogen and oxygen atoms in total. The number of rotatable bonds is 2. The predicted molar refractivity (Wildman–Crippen MR) is 67.5 cm³/mol. The van der Waals surface area contributed by atoms with E-state index in [1.807, 2.05) is 18.2 Å². The maximum absolute atomic E-state index is 11.4. The summed E-state index contributed by atoms with van der Waals surface area (Å²) in [4.78, 5) is 13.5. The Labute approximate surface area is 103 Å². The van der Waals surface area contributed by atoms with Crippen molar-refractivity contribution in [3.63, 3.8) is 0 Å². The SMILES string of the molecule is NC(=O)c1c(Br)cccc1N1CCC(N)C1. The summed E-state index contributed by atoms with van der Waals surface area (Å²) in [6.45, 7) is 1.65. The van der Waals surface area contributed by atoms with Crippen LogP contribution in [0.4, 0.5) is 5.69 Å². The minimum Gasteiger partial charge on any atom is -0.369 e. The highest BCUT2D eigenvalue weighted by atomic mass is 79.9. The molecule has 1 aromatic rings. The van der Waals surface area contributed by atoms with Crippen molar-refractivity contribution in [3.8, 4) is 0 Å². The van der Waals surface area contributed by atoms with Crippen molar-refractivity contribution in [2.45, 2.75) is 12.5 Å².